The minimum absolute atomic E-state index is 0.0448. The number of allylic oxidation sites excluding steroid dienone is 4. The zero-order chi connectivity index (χ0) is 17.4. The van der Waals surface area contributed by atoms with Gasteiger partial charge in [-0.1, -0.05) is 31.1 Å². The van der Waals surface area contributed by atoms with E-state index in [-0.39, 0.29) is 10.8 Å². The first-order chi connectivity index (χ1) is 11.9. The first-order valence-electron chi connectivity index (χ1n) is 10.0. The van der Waals surface area contributed by atoms with Crippen LogP contribution in [0.4, 0.5) is 0 Å². The fourth-order valence-corrected chi connectivity index (χ4v) is 7.15. The van der Waals surface area contributed by atoms with Crippen LogP contribution < -0.4 is 0 Å². The number of carbonyl (C=O) groups excluding carboxylic acids is 2. The molecule has 0 radical (unpaired) electrons. The van der Waals surface area contributed by atoms with E-state index in [0.717, 1.165) is 38.5 Å². The van der Waals surface area contributed by atoms with Crippen molar-refractivity contribution in [3.05, 3.63) is 23.3 Å². The number of carbonyl (C=O) groups is 2. The summed E-state index contributed by atoms with van der Waals surface area (Å²) in [5.41, 5.74) is 2.45. The lowest BCUT2D eigenvalue weighted by molar-refractivity contribution is -0.147. The number of fused-ring (bicyclic) bond motifs is 6. The van der Waals surface area contributed by atoms with Crippen LogP contribution in [0.15, 0.2) is 23.3 Å². The molecule has 3 heteroatoms. The molecular weight excluding hydrogens is 312 g/mol. The Morgan fingerprint density at radius 1 is 1.08 bits per heavy atom. The summed E-state index contributed by atoms with van der Waals surface area (Å²) in [6, 6.07) is 0. The molecule has 134 valence electrons. The normalized spacial score (nSPS) is 48.7. The van der Waals surface area contributed by atoms with E-state index in [4.69, 9.17) is 4.74 Å². The van der Waals surface area contributed by atoms with Crippen LogP contribution in [0.2, 0.25) is 0 Å². The van der Waals surface area contributed by atoms with Crippen LogP contribution >= 0.6 is 0 Å². The maximum absolute atomic E-state index is 12.8. The summed E-state index contributed by atoms with van der Waals surface area (Å²) in [4.78, 5) is 24.7. The third-order valence-electron chi connectivity index (χ3n) is 8.58. The predicted molar refractivity (Wildman–Crippen MR) is 95.0 cm³/mol. The maximum atomic E-state index is 12.8. The van der Waals surface area contributed by atoms with Gasteiger partial charge in [-0.15, -0.1) is 0 Å². The summed E-state index contributed by atoms with van der Waals surface area (Å²) < 4.78 is 6.18. The third kappa shape index (κ3) is 1.81. The van der Waals surface area contributed by atoms with Gasteiger partial charge in [-0.25, -0.2) is 0 Å². The number of ketones is 2. The first-order valence-corrected chi connectivity index (χ1v) is 10.0. The van der Waals surface area contributed by atoms with Crippen molar-refractivity contribution in [2.75, 3.05) is 6.61 Å². The van der Waals surface area contributed by atoms with Gasteiger partial charge in [0.05, 0.1) is 6.61 Å². The summed E-state index contributed by atoms with van der Waals surface area (Å²) in [7, 11) is 0. The van der Waals surface area contributed by atoms with Crippen LogP contribution in [0.5, 0.6) is 0 Å². The lowest BCUT2D eigenvalue weighted by Crippen LogP contribution is -2.53. The molecule has 25 heavy (non-hydrogen) atoms. The average Bonchev–Trinajstić information content (AvgIpc) is 3.10. The molecule has 1 spiro atoms. The van der Waals surface area contributed by atoms with Gasteiger partial charge in [0.1, 0.15) is 5.60 Å². The van der Waals surface area contributed by atoms with E-state index >= 15 is 0 Å². The van der Waals surface area contributed by atoms with E-state index in [1.807, 2.05) is 6.08 Å². The van der Waals surface area contributed by atoms with Crippen LogP contribution in [-0.4, -0.2) is 23.8 Å². The number of ether oxygens (including phenoxy) is 1. The van der Waals surface area contributed by atoms with Gasteiger partial charge in [0.25, 0.3) is 0 Å². The number of Topliss-reactive ketones (excluding diaryl/α,β-unsaturated/α-hetero) is 1. The Hall–Kier alpha value is -1.22. The molecule has 5 aliphatic rings. The van der Waals surface area contributed by atoms with Gasteiger partial charge in [-0.05, 0) is 56.4 Å². The van der Waals surface area contributed by atoms with Crippen LogP contribution in [0, 0.1) is 22.7 Å². The molecule has 3 nitrogen and oxygen atoms in total. The van der Waals surface area contributed by atoms with E-state index in [1.165, 1.54) is 5.57 Å². The molecule has 0 bridgehead atoms. The molecule has 0 amide bonds. The Balaban J connectivity index is 1.58. The van der Waals surface area contributed by atoms with Crippen LogP contribution in [0.1, 0.15) is 65.2 Å². The van der Waals surface area contributed by atoms with Crippen LogP contribution in [0.3, 0.4) is 0 Å². The fourth-order valence-electron chi connectivity index (χ4n) is 7.15. The minimum atomic E-state index is -0.515. The van der Waals surface area contributed by atoms with Gasteiger partial charge in [-0.2, -0.15) is 0 Å². The Morgan fingerprint density at radius 2 is 1.92 bits per heavy atom. The van der Waals surface area contributed by atoms with Crippen molar-refractivity contribution in [3.8, 4) is 0 Å². The Bertz CT molecular complexity index is 732. The SMILES string of the molecule is CC12CCC(=O)C=C1CCC1C2=CCC2(C)C1CC[C@]21OCCC1=O. The standard InChI is InChI=1S/C22H28O3/c1-20-9-5-15(23)13-14(20)3-4-16-17(20)6-10-21(2)18(16)7-11-22(21)19(24)8-12-25-22/h6,13,16,18H,3-5,7-12H2,1-2H3/t16?,18?,20?,21?,22-/m1/s1. The summed E-state index contributed by atoms with van der Waals surface area (Å²) in [6.07, 6.45) is 11.8. The Kier molecular flexibility index (Phi) is 3.16. The average molecular weight is 340 g/mol. The highest BCUT2D eigenvalue weighted by molar-refractivity contribution is 5.92. The number of hydrogen-bond donors (Lipinski definition) is 0. The van der Waals surface area contributed by atoms with Gasteiger partial charge >= 0.3 is 0 Å². The van der Waals surface area contributed by atoms with E-state index in [2.05, 4.69) is 19.9 Å². The molecule has 1 heterocycles. The van der Waals surface area contributed by atoms with Gasteiger partial charge < -0.3 is 4.74 Å². The topological polar surface area (TPSA) is 43.4 Å². The van der Waals surface area contributed by atoms with Crippen LogP contribution in [0.25, 0.3) is 0 Å². The summed E-state index contributed by atoms with van der Waals surface area (Å²) in [5.74, 6) is 1.76. The molecule has 2 saturated carbocycles. The van der Waals surface area contributed by atoms with Crippen molar-refractivity contribution in [1.29, 1.82) is 0 Å². The van der Waals surface area contributed by atoms with Crippen molar-refractivity contribution in [1.82, 2.24) is 0 Å². The monoisotopic (exact) mass is 340 g/mol. The Morgan fingerprint density at radius 3 is 2.68 bits per heavy atom. The summed E-state index contributed by atoms with van der Waals surface area (Å²) >= 11 is 0. The van der Waals surface area contributed by atoms with E-state index < -0.39 is 5.60 Å². The molecule has 5 atom stereocenters. The molecule has 1 aliphatic heterocycles. The van der Waals surface area contributed by atoms with Gasteiger partial charge in [0, 0.05) is 23.7 Å². The van der Waals surface area contributed by atoms with Crippen molar-refractivity contribution >= 4 is 11.6 Å². The largest absolute Gasteiger partial charge is 0.366 e. The van der Waals surface area contributed by atoms with Crippen molar-refractivity contribution in [2.24, 2.45) is 22.7 Å². The molecule has 0 aromatic rings. The smallest absolute Gasteiger partial charge is 0.167 e. The lowest BCUT2D eigenvalue weighted by Gasteiger charge is -2.54. The highest BCUT2D eigenvalue weighted by Crippen LogP contribution is 2.67. The number of hydrogen-bond acceptors (Lipinski definition) is 3. The van der Waals surface area contributed by atoms with E-state index in [1.54, 1.807) is 5.57 Å². The van der Waals surface area contributed by atoms with Crippen molar-refractivity contribution in [2.45, 2.75) is 70.8 Å². The van der Waals surface area contributed by atoms with E-state index in [0.29, 0.717) is 42.9 Å². The second kappa shape index (κ2) is 4.94. The Labute approximate surface area is 149 Å². The molecular formula is C22H28O3. The van der Waals surface area contributed by atoms with Gasteiger partial charge in [-0.3, -0.25) is 9.59 Å². The predicted octanol–water partition coefficient (Wildman–Crippen LogP) is 4.17. The first kappa shape index (κ1) is 16.0. The molecule has 0 N–H and O–H groups in total. The highest BCUT2D eigenvalue weighted by Gasteiger charge is 2.66. The minimum Gasteiger partial charge on any atom is -0.366 e. The van der Waals surface area contributed by atoms with E-state index in [9.17, 15) is 9.59 Å². The van der Waals surface area contributed by atoms with Gasteiger partial charge in [0.15, 0.2) is 11.6 Å². The number of rotatable bonds is 0. The van der Waals surface area contributed by atoms with Crippen LogP contribution in [-0.2, 0) is 14.3 Å². The lowest BCUT2D eigenvalue weighted by atomic mass is 9.50. The summed E-state index contributed by atoms with van der Waals surface area (Å²) in [5, 5.41) is 0. The molecule has 5 rings (SSSR count). The zero-order valence-corrected chi connectivity index (χ0v) is 15.4. The maximum Gasteiger partial charge on any atom is 0.167 e. The van der Waals surface area contributed by atoms with Crippen molar-refractivity contribution < 1.29 is 14.3 Å². The quantitative estimate of drug-likeness (QED) is 0.622. The molecule has 1 saturated heterocycles. The van der Waals surface area contributed by atoms with Crippen molar-refractivity contribution in [3.63, 3.8) is 0 Å². The zero-order valence-electron chi connectivity index (χ0n) is 15.4. The summed E-state index contributed by atoms with van der Waals surface area (Å²) in [6.45, 7) is 5.28. The van der Waals surface area contributed by atoms with Gasteiger partial charge in [0.2, 0.25) is 0 Å². The molecule has 4 unspecified atom stereocenters. The molecule has 0 aromatic carbocycles. The molecule has 3 fully saturated rings. The second-order valence-corrected chi connectivity index (χ2v) is 9.39. The third-order valence-corrected chi connectivity index (χ3v) is 8.58. The second-order valence-electron chi connectivity index (χ2n) is 9.39. The molecule has 4 aliphatic carbocycles. The fraction of sp³-hybridized carbons (Fsp3) is 0.727. The molecule has 0 aromatic heterocycles. The highest BCUT2D eigenvalue weighted by atomic mass is 16.5.